The molecule has 1 aliphatic rings. The molecule has 64 valence electrons. The summed E-state index contributed by atoms with van der Waals surface area (Å²) in [6.07, 6.45) is 5.05. The van der Waals surface area contributed by atoms with Gasteiger partial charge in [-0.3, -0.25) is 0 Å². The van der Waals surface area contributed by atoms with Crippen molar-refractivity contribution in [2.75, 3.05) is 0 Å². The predicted octanol–water partition coefficient (Wildman–Crippen LogP) is 1.40. The molecule has 0 aliphatic heterocycles. The average Bonchev–Trinajstić information content (AvgIpc) is 1.93. The first-order valence-electron chi connectivity index (χ1n) is 4.24. The summed E-state index contributed by atoms with van der Waals surface area (Å²) in [5, 5.41) is 3.56. The smallest absolute Gasteiger partial charge is 0.163 e. The molecule has 0 saturated heterocycles. The maximum Gasteiger partial charge on any atom is 0.163 e. The first kappa shape index (κ1) is 8.78. The maximum atomic E-state index is 5.38. The fourth-order valence-corrected chi connectivity index (χ4v) is 1.77. The van der Waals surface area contributed by atoms with Gasteiger partial charge in [0.15, 0.2) is 5.11 Å². The number of nitrogens with one attached hydrogen (secondary N) is 1. The van der Waals surface area contributed by atoms with Crippen LogP contribution < -0.4 is 11.1 Å². The minimum Gasteiger partial charge on any atom is -0.376 e. The van der Waals surface area contributed by atoms with Crippen molar-refractivity contribution in [3.63, 3.8) is 0 Å². The van der Waals surface area contributed by atoms with Crippen LogP contribution in [0.25, 0.3) is 0 Å². The highest BCUT2D eigenvalue weighted by Crippen LogP contribution is 2.23. The quantitative estimate of drug-likeness (QED) is 0.587. The van der Waals surface area contributed by atoms with Gasteiger partial charge in [-0.2, -0.15) is 0 Å². The molecule has 3 heteroatoms. The van der Waals surface area contributed by atoms with Crippen molar-refractivity contribution in [3.8, 4) is 0 Å². The van der Waals surface area contributed by atoms with Crippen molar-refractivity contribution in [3.05, 3.63) is 0 Å². The molecule has 0 amide bonds. The van der Waals surface area contributed by atoms with Crippen molar-refractivity contribution >= 4 is 17.3 Å². The van der Waals surface area contributed by atoms with Crippen molar-refractivity contribution in [2.45, 2.75) is 38.6 Å². The van der Waals surface area contributed by atoms with Gasteiger partial charge >= 0.3 is 0 Å². The van der Waals surface area contributed by atoms with Crippen molar-refractivity contribution in [2.24, 2.45) is 11.7 Å². The fraction of sp³-hybridized carbons (Fsp3) is 0.875. The molecule has 0 aromatic rings. The highest BCUT2D eigenvalue weighted by Gasteiger charge is 2.17. The Balaban J connectivity index is 2.22. The van der Waals surface area contributed by atoms with Gasteiger partial charge in [-0.25, -0.2) is 0 Å². The van der Waals surface area contributed by atoms with E-state index in [1.165, 1.54) is 25.7 Å². The van der Waals surface area contributed by atoms with Crippen LogP contribution in [-0.2, 0) is 0 Å². The Morgan fingerprint density at radius 2 is 1.91 bits per heavy atom. The summed E-state index contributed by atoms with van der Waals surface area (Å²) in [6.45, 7) is 2.30. The zero-order chi connectivity index (χ0) is 8.27. The summed E-state index contributed by atoms with van der Waals surface area (Å²) < 4.78 is 0. The van der Waals surface area contributed by atoms with E-state index in [0.717, 1.165) is 5.92 Å². The lowest BCUT2D eigenvalue weighted by Gasteiger charge is -2.26. The van der Waals surface area contributed by atoms with Crippen LogP contribution in [0.1, 0.15) is 32.6 Å². The first-order chi connectivity index (χ1) is 5.18. The Hall–Kier alpha value is -0.310. The summed E-state index contributed by atoms with van der Waals surface area (Å²) in [4.78, 5) is 0. The van der Waals surface area contributed by atoms with Crippen LogP contribution in [-0.4, -0.2) is 11.2 Å². The highest BCUT2D eigenvalue weighted by atomic mass is 32.1. The van der Waals surface area contributed by atoms with Crippen LogP contribution in [0.2, 0.25) is 0 Å². The van der Waals surface area contributed by atoms with E-state index in [2.05, 4.69) is 12.2 Å². The van der Waals surface area contributed by atoms with Gasteiger partial charge in [0.2, 0.25) is 0 Å². The van der Waals surface area contributed by atoms with E-state index in [-0.39, 0.29) is 0 Å². The monoisotopic (exact) mass is 172 g/mol. The third-order valence-electron chi connectivity index (χ3n) is 2.36. The second kappa shape index (κ2) is 3.90. The van der Waals surface area contributed by atoms with Crippen molar-refractivity contribution in [1.82, 2.24) is 5.32 Å². The molecule has 1 saturated carbocycles. The van der Waals surface area contributed by atoms with Gasteiger partial charge in [0.05, 0.1) is 0 Å². The molecule has 0 aromatic carbocycles. The van der Waals surface area contributed by atoms with E-state index in [1.54, 1.807) is 0 Å². The Kier molecular flexibility index (Phi) is 3.12. The van der Waals surface area contributed by atoms with Gasteiger partial charge < -0.3 is 11.1 Å². The second-order valence-corrected chi connectivity index (χ2v) is 3.91. The van der Waals surface area contributed by atoms with E-state index in [9.17, 15) is 0 Å². The van der Waals surface area contributed by atoms with Crippen molar-refractivity contribution in [1.29, 1.82) is 0 Å². The number of rotatable bonds is 1. The van der Waals surface area contributed by atoms with Gasteiger partial charge in [0.1, 0.15) is 0 Å². The van der Waals surface area contributed by atoms with E-state index >= 15 is 0 Å². The second-order valence-electron chi connectivity index (χ2n) is 3.47. The lowest BCUT2D eigenvalue weighted by molar-refractivity contribution is 0.331. The summed E-state index contributed by atoms with van der Waals surface area (Å²) in [5.41, 5.74) is 5.38. The zero-order valence-electron chi connectivity index (χ0n) is 6.97. The molecule has 0 radical (unpaired) electrons. The third-order valence-corrected chi connectivity index (χ3v) is 2.48. The Morgan fingerprint density at radius 3 is 2.36 bits per heavy atom. The van der Waals surface area contributed by atoms with Crippen molar-refractivity contribution < 1.29 is 0 Å². The molecule has 0 spiro atoms. The molecule has 1 fully saturated rings. The largest absolute Gasteiger partial charge is 0.376 e. The molecule has 0 bridgehead atoms. The van der Waals surface area contributed by atoms with E-state index < -0.39 is 0 Å². The first-order valence-corrected chi connectivity index (χ1v) is 4.65. The summed E-state index contributed by atoms with van der Waals surface area (Å²) in [7, 11) is 0. The van der Waals surface area contributed by atoms with Gasteiger partial charge in [0.25, 0.3) is 0 Å². The van der Waals surface area contributed by atoms with Crippen LogP contribution in [0, 0.1) is 5.92 Å². The third kappa shape index (κ3) is 3.06. The molecule has 1 aliphatic carbocycles. The predicted molar refractivity (Wildman–Crippen MR) is 51.3 cm³/mol. The molecule has 3 N–H and O–H groups in total. The number of thiocarbonyl (C=S) groups is 1. The fourth-order valence-electron chi connectivity index (χ4n) is 1.61. The Morgan fingerprint density at radius 1 is 1.36 bits per heavy atom. The Labute approximate surface area is 73.5 Å². The number of hydrogen-bond acceptors (Lipinski definition) is 1. The lowest BCUT2D eigenvalue weighted by Crippen LogP contribution is -2.40. The van der Waals surface area contributed by atoms with Crippen LogP contribution in [0.15, 0.2) is 0 Å². The molecule has 2 nitrogen and oxygen atoms in total. The van der Waals surface area contributed by atoms with E-state index in [1.807, 2.05) is 0 Å². The van der Waals surface area contributed by atoms with E-state index in [0.29, 0.717) is 11.2 Å². The highest BCUT2D eigenvalue weighted by molar-refractivity contribution is 7.80. The van der Waals surface area contributed by atoms with E-state index in [4.69, 9.17) is 18.0 Å². The molecular weight excluding hydrogens is 156 g/mol. The normalized spacial score (nSPS) is 31.4. The van der Waals surface area contributed by atoms with Crippen LogP contribution in [0.4, 0.5) is 0 Å². The summed E-state index contributed by atoms with van der Waals surface area (Å²) in [6, 6.07) is 0.545. The topological polar surface area (TPSA) is 38.0 Å². The molecule has 1 rings (SSSR count). The standard InChI is InChI=1S/C8H16N2S/c1-6-2-4-7(5-3-6)10-8(9)11/h6-7H,2-5H2,1H3,(H3,9,10,11)/t6-,7-. The van der Waals surface area contributed by atoms with Crippen LogP contribution in [0.3, 0.4) is 0 Å². The van der Waals surface area contributed by atoms with Crippen LogP contribution >= 0.6 is 12.2 Å². The van der Waals surface area contributed by atoms with Gasteiger partial charge in [0, 0.05) is 6.04 Å². The Bertz CT molecular complexity index is 139. The number of hydrogen-bond donors (Lipinski definition) is 2. The molecule has 11 heavy (non-hydrogen) atoms. The molecule has 0 aromatic heterocycles. The lowest BCUT2D eigenvalue weighted by atomic mass is 9.87. The molecule has 0 heterocycles. The molecule has 0 atom stereocenters. The molecule has 0 unspecified atom stereocenters. The van der Waals surface area contributed by atoms with Gasteiger partial charge in [-0.1, -0.05) is 6.92 Å². The molecular formula is C8H16N2S. The zero-order valence-corrected chi connectivity index (χ0v) is 7.79. The summed E-state index contributed by atoms with van der Waals surface area (Å²) >= 11 is 4.77. The SMILES string of the molecule is C[C@H]1CC[C@H](NC(N)=S)CC1. The van der Waals surface area contributed by atoms with Gasteiger partial charge in [-0.05, 0) is 43.8 Å². The van der Waals surface area contributed by atoms with Crippen LogP contribution in [0.5, 0.6) is 0 Å². The average molecular weight is 172 g/mol. The van der Waals surface area contributed by atoms with Gasteiger partial charge in [-0.15, -0.1) is 0 Å². The number of nitrogens with two attached hydrogens (primary N) is 1. The minimum atomic E-state index is 0.449. The minimum absolute atomic E-state index is 0.449. The maximum absolute atomic E-state index is 5.38. The summed E-state index contributed by atoms with van der Waals surface area (Å²) in [5.74, 6) is 0.888.